The number of aromatic nitrogens is 3. The summed E-state index contributed by atoms with van der Waals surface area (Å²) in [5.74, 6) is 5.69. The number of thiophene rings is 1. The predicted octanol–water partition coefficient (Wildman–Crippen LogP) is 1.65. The second-order valence-corrected chi connectivity index (χ2v) is 5.21. The molecule has 0 aromatic carbocycles. The van der Waals surface area contributed by atoms with Crippen molar-refractivity contribution in [3.05, 3.63) is 52.2 Å². The van der Waals surface area contributed by atoms with Gasteiger partial charge in [-0.25, -0.2) is 9.94 Å². The van der Waals surface area contributed by atoms with Gasteiger partial charge in [0.25, 0.3) is 0 Å². The summed E-state index contributed by atoms with van der Waals surface area (Å²) < 4.78 is 1.80. The Kier molecular flexibility index (Phi) is 2.83. The first kappa shape index (κ1) is 11.3. The van der Waals surface area contributed by atoms with Gasteiger partial charge in [-0.2, -0.15) is 5.10 Å². The van der Waals surface area contributed by atoms with Gasteiger partial charge in [0.05, 0.1) is 24.0 Å². The highest BCUT2D eigenvalue weighted by Crippen LogP contribution is 2.27. The minimum atomic E-state index is -0.0587. The van der Waals surface area contributed by atoms with Crippen LogP contribution in [-0.4, -0.2) is 14.6 Å². The van der Waals surface area contributed by atoms with Gasteiger partial charge in [0.2, 0.25) is 0 Å². The van der Waals surface area contributed by atoms with E-state index in [1.165, 1.54) is 4.88 Å². The molecular formula is C12H13N5S. The number of fused-ring (bicyclic) bond motifs is 1. The Bertz CT molecular complexity index is 672. The van der Waals surface area contributed by atoms with Crippen LogP contribution in [0.2, 0.25) is 0 Å². The van der Waals surface area contributed by atoms with Gasteiger partial charge in [0, 0.05) is 22.8 Å². The summed E-state index contributed by atoms with van der Waals surface area (Å²) in [4.78, 5) is 5.40. The molecule has 0 amide bonds. The molecule has 0 bridgehead atoms. The first-order valence-corrected chi connectivity index (χ1v) is 6.46. The molecule has 0 fully saturated rings. The minimum absolute atomic E-state index is 0.0587. The van der Waals surface area contributed by atoms with E-state index in [2.05, 4.69) is 33.9 Å². The Morgan fingerprint density at radius 3 is 3.06 bits per heavy atom. The molecule has 5 nitrogen and oxygen atoms in total. The third kappa shape index (κ3) is 1.80. The molecule has 0 radical (unpaired) electrons. The van der Waals surface area contributed by atoms with Crippen molar-refractivity contribution in [2.45, 2.75) is 13.0 Å². The lowest BCUT2D eigenvalue weighted by atomic mass is 10.0. The zero-order valence-corrected chi connectivity index (χ0v) is 10.7. The van der Waals surface area contributed by atoms with Crippen LogP contribution in [0.5, 0.6) is 0 Å². The maximum Gasteiger partial charge on any atom is 0.0896 e. The molecule has 0 aliphatic heterocycles. The van der Waals surface area contributed by atoms with Crippen molar-refractivity contribution in [3.8, 4) is 0 Å². The normalized spacial score (nSPS) is 13.0. The molecular weight excluding hydrogens is 246 g/mol. The molecule has 3 rings (SSSR count). The Morgan fingerprint density at radius 2 is 2.33 bits per heavy atom. The first-order valence-electron chi connectivity index (χ1n) is 5.58. The van der Waals surface area contributed by atoms with Crippen LogP contribution in [0, 0.1) is 6.92 Å². The number of aryl methyl sites for hydroxylation is 1. The molecule has 18 heavy (non-hydrogen) atoms. The van der Waals surface area contributed by atoms with Crippen molar-refractivity contribution >= 4 is 16.9 Å². The van der Waals surface area contributed by atoms with Crippen molar-refractivity contribution in [1.82, 2.24) is 20.0 Å². The second-order valence-electron chi connectivity index (χ2n) is 4.10. The highest BCUT2D eigenvalue weighted by atomic mass is 32.1. The lowest BCUT2D eigenvalue weighted by Crippen LogP contribution is -2.28. The average Bonchev–Trinajstić information content (AvgIpc) is 2.98. The molecule has 0 saturated carbocycles. The summed E-state index contributed by atoms with van der Waals surface area (Å²) in [7, 11) is 0. The minimum Gasteiger partial charge on any atom is -0.271 e. The van der Waals surface area contributed by atoms with E-state index in [4.69, 9.17) is 5.84 Å². The van der Waals surface area contributed by atoms with Crippen LogP contribution in [-0.2, 0) is 0 Å². The summed E-state index contributed by atoms with van der Waals surface area (Å²) in [6.45, 7) is 2.08. The largest absolute Gasteiger partial charge is 0.271 e. The molecule has 6 heteroatoms. The Morgan fingerprint density at radius 1 is 1.44 bits per heavy atom. The van der Waals surface area contributed by atoms with Crippen molar-refractivity contribution in [3.63, 3.8) is 0 Å². The van der Waals surface area contributed by atoms with Crippen molar-refractivity contribution in [2.24, 2.45) is 5.84 Å². The summed E-state index contributed by atoms with van der Waals surface area (Å²) in [6.07, 6.45) is 7.16. The van der Waals surface area contributed by atoms with E-state index < -0.39 is 0 Å². The Balaban J connectivity index is 2.11. The number of hydrogen-bond acceptors (Lipinski definition) is 5. The number of nitrogens with zero attached hydrogens (tertiary/aromatic N) is 3. The quantitative estimate of drug-likeness (QED) is 0.554. The van der Waals surface area contributed by atoms with Gasteiger partial charge in [0.1, 0.15) is 0 Å². The number of rotatable bonds is 3. The molecule has 1 atom stereocenters. The van der Waals surface area contributed by atoms with E-state index in [0.29, 0.717) is 0 Å². The van der Waals surface area contributed by atoms with E-state index in [1.54, 1.807) is 28.2 Å². The molecule has 3 N–H and O–H groups in total. The molecule has 0 aliphatic rings. The lowest BCUT2D eigenvalue weighted by Gasteiger charge is -2.13. The third-order valence-electron chi connectivity index (χ3n) is 2.92. The summed E-state index contributed by atoms with van der Waals surface area (Å²) >= 11 is 1.71. The fraction of sp³-hybridized carbons (Fsp3) is 0.167. The lowest BCUT2D eigenvalue weighted by molar-refractivity contribution is 0.642. The maximum absolute atomic E-state index is 5.69. The van der Waals surface area contributed by atoms with Gasteiger partial charge >= 0.3 is 0 Å². The number of nitrogens with one attached hydrogen (secondary N) is 1. The maximum atomic E-state index is 5.69. The summed E-state index contributed by atoms with van der Waals surface area (Å²) in [6, 6.07) is 2.08. The van der Waals surface area contributed by atoms with Gasteiger partial charge in [-0.1, -0.05) is 0 Å². The standard InChI is InChI=1S/C12H13N5S/c1-8-4-9(7-18-8)12(16-13)10-5-15-17-3-2-14-6-11(10)17/h2-7,12,16H,13H2,1H3. The molecule has 1 unspecified atom stereocenters. The molecule has 3 aromatic rings. The van der Waals surface area contributed by atoms with E-state index in [1.807, 2.05) is 12.4 Å². The molecule has 0 spiro atoms. The highest BCUT2D eigenvalue weighted by molar-refractivity contribution is 7.10. The van der Waals surface area contributed by atoms with E-state index >= 15 is 0 Å². The predicted molar refractivity (Wildman–Crippen MR) is 71.2 cm³/mol. The van der Waals surface area contributed by atoms with Gasteiger partial charge in [-0.3, -0.25) is 10.8 Å². The van der Waals surface area contributed by atoms with Crippen LogP contribution >= 0.6 is 11.3 Å². The zero-order valence-electron chi connectivity index (χ0n) is 9.87. The molecule has 0 aliphatic carbocycles. The van der Waals surface area contributed by atoms with E-state index in [-0.39, 0.29) is 6.04 Å². The smallest absolute Gasteiger partial charge is 0.0896 e. The topological polar surface area (TPSA) is 68.2 Å². The number of hydrazine groups is 1. The van der Waals surface area contributed by atoms with Crippen LogP contribution in [0.25, 0.3) is 5.52 Å². The summed E-state index contributed by atoms with van der Waals surface area (Å²) in [5.41, 5.74) is 6.00. The van der Waals surface area contributed by atoms with Crippen LogP contribution in [0.1, 0.15) is 22.0 Å². The summed E-state index contributed by atoms with van der Waals surface area (Å²) in [5, 5.41) is 6.42. The third-order valence-corrected chi connectivity index (χ3v) is 3.80. The molecule has 0 saturated heterocycles. The number of nitrogens with two attached hydrogens (primary N) is 1. The number of hydrogen-bond donors (Lipinski definition) is 2. The highest BCUT2D eigenvalue weighted by Gasteiger charge is 2.18. The fourth-order valence-electron chi connectivity index (χ4n) is 2.06. The van der Waals surface area contributed by atoms with Crippen molar-refractivity contribution in [2.75, 3.05) is 0 Å². The second kappa shape index (κ2) is 4.49. The van der Waals surface area contributed by atoms with E-state index in [9.17, 15) is 0 Å². The van der Waals surface area contributed by atoms with Crippen LogP contribution in [0.15, 0.2) is 36.2 Å². The monoisotopic (exact) mass is 259 g/mol. The van der Waals surface area contributed by atoms with Crippen LogP contribution < -0.4 is 11.3 Å². The first-order chi connectivity index (χ1) is 8.79. The van der Waals surface area contributed by atoms with Crippen molar-refractivity contribution in [1.29, 1.82) is 0 Å². The molecule has 3 heterocycles. The van der Waals surface area contributed by atoms with Gasteiger partial charge < -0.3 is 0 Å². The fourth-order valence-corrected chi connectivity index (χ4v) is 2.79. The van der Waals surface area contributed by atoms with Crippen molar-refractivity contribution < 1.29 is 0 Å². The Hall–Kier alpha value is -1.76. The van der Waals surface area contributed by atoms with Gasteiger partial charge in [-0.05, 0) is 23.9 Å². The zero-order chi connectivity index (χ0) is 12.5. The average molecular weight is 259 g/mol. The van der Waals surface area contributed by atoms with E-state index in [0.717, 1.165) is 16.6 Å². The van der Waals surface area contributed by atoms with Gasteiger partial charge in [0.15, 0.2) is 0 Å². The van der Waals surface area contributed by atoms with Gasteiger partial charge in [-0.15, -0.1) is 11.3 Å². The molecule has 3 aromatic heterocycles. The molecule has 92 valence electrons. The SMILES string of the molecule is Cc1cc(C(NN)c2cnn3ccncc23)cs1. The van der Waals surface area contributed by atoms with Crippen LogP contribution in [0.4, 0.5) is 0 Å². The van der Waals surface area contributed by atoms with Crippen LogP contribution in [0.3, 0.4) is 0 Å². The Labute approximate surface area is 108 Å².